The quantitative estimate of drug-likeness (QED) is 0.486. The third-order valence-corrected chi connectivity index (χ3v) is 7.23. The Kier molecular flexibility index (Phi) is 9.12. The molecule has 2 unspecified atom stereocenters. The number of thiocarbonyl (C=S) groups is 1. The van der Waals surface area contributed by atoms with Crippen molar-refractivity contribution in [2.75, 3.05) is 25.0 Å². The van der Waals surface area contributed by atoms with Crippen molar-refractivity contribution in [1.82, 2.24) is 15.5 Å². The lowest BCUT2D eigenvalue weighted by Gasteiger charge is -2.37. The van der Waals surface area contributed by atoms with E-state index in [9.17, 15) is 9.59 Å². The number of likely N-dealkylation sites (N-methyl/N-ethyl adjacent to an activating group) is 1. The largest absolute Gasteiger partial charge is 0.444 e. The number of hydrogen-bond acceptors (Lipinski definition) is 5. The number of anilines is 1. The van der Waals surface area contributed by atoms with Crippen LogP contribution in [-0.4, -0.2) is 65.7 Å². The summed E-state index contributed by atoms with van der Waals surface area (Å²) in [6.07, 6.45) is 2.46. The maximum absolute atomic E-state index is 13.4. The first-order chi connectivity index (χ1) is 18.5. The Hall–Kier alpha value is -3.17. The van der Waals surface area contributed by atoms with E-state index in [1.54, 1.807) is 18.0 Å². The summed E-state index contributed by atoms with van der Waals surface area (Å²) in [5, 5.41) is 7.18. The molecule has 0 aromatic heterocycles. The molecule has 2 aliphatic heterocycles. The summed E-state index contributed by atoms with van der Waals surface area (Å²) < 4.78 is 5.61. The van der Waals surface area contributed by atoms with Crippen LogP contribution in [0.4, 0.5) is 10.5 Å². The Morgan fingerprint density at radius 1 is 1.18 bits per heavy atom. The lowest BCUT2D eigenvalue weighted by molar-refractivity contribution is -0.119. The van der Waals surface area contributed by atoms with Gasteiger partial charge in [-0.15, -0.1) is 0 Å². The van der Waals surface area contributed by atoms with E-state index in [4.69, 9.17) is 33.5 Å². The lowest BCUT2D eigenvalue weighted by Crippen LogP contribution is -2.50. The highest BCUT2D eigenvalue weighted by Crippen LogP contribution is 2.30. The van der Waals surface area contributed by atoms with Gasteiger partial charge in [0.2, 0.25) is 6.17 Å². The minimum Gasteiger partial charge on any atom is -0.444 e. The highest BCUT2D eigenvalue weighted by atomic mass is 35.5. The topological polar surface area (TPSA) is 86.3 Å². The molecular formula is C29H36ClN5O3S. The summed E-state index contributed by atoms with van der Waals surface area (Å²) in [5.41, 5.74) is 2.48. The summed E-state index contributed by atoms with van der Waals surface area (Å²) in [7, 11) is 1.72. The zero-order chi connectivity index (χ0) is 28.2. The molecule has 2 aromatic carbocycles. The van der Waals surface area contributed by atoms with Crippen LogP contribution >= 0.6 is 23.8 Å². The molecule has 10 heteroatoms. The monoisotopic (exact) mass is 569 g/mol. The van der Waals surface area contributed by atoms with Gasteiger partial charge in [-0.25, -0.2) is 9.79 Å². The third kappa shape index (κ3) is 7.28. The number of carbonyl (C=O) groups excluding carboxylic acids is 2. The first-order valence-corrected chi connectivity index (χ1v) is 14.1. The molecule has 1 saturated heterocycles. The molecule has 1 fully saturated rings. The molecule has 0 saturated carbocycles. The molecule has 2 atom stereocenters. The van der Waals surface area contributed by atoms with Crippen LogP contribution in [0.25, 0.3) is 0 Å². The molecule has 4 rings (SSSR count). The number of nitrogens with zero attached hydrogens (tertiary/aromatic N) is 3. The smallest absolute Gasteiger partial charge is 0.410 e. The maximum Gasteiger partial charge on any atom is 0.410 e. The van der Waals surface area contributed by atoms with E-state index in [1.165, 1.54) is 0 Å². The van der Waals surface area contributed by atoms with E-state index in [2.05, 4.69) is 10.6 Å². The second-order valence-electron chi connectivity index (χ2n) is 10.8. The van der Waals surface area contributed by atoms with Crippen molar-refractivity contribution in [3.63, 3.8) is 0 Å². The van der Waals surface area contributed by atoms with Gasteiger partial charge in [-0.2, -0.15) is 0 Å². The second kappa shape index (κ2) is 12.3. The number of nitrogens with one attached hydrogen (secondary N) is 2. The first-order valence-electron chi connectivity index (χ1n) is 13.3. The molecule has 0 spiro atoms. The molecule has 0 radical (unpaired) electrons. The van der Waals surface area contributed by atoms with Gasteiger partial charge in [-0.05, 0) is 76.9 Å². The minimum absolute atomic E-state index is 0.0662. The number of piperidine rings is 1. The van der Waals surface area contributed by atoms with Crippen molar-refractivity contribution < 1.29 is 14.3 Å². The van der Waals surface area contributed by atoms with Gasteiger partial charge in [0, 0.05) is 42.3 Å². The standard InChI is InChI=1S/C29H36ClN5O3S/c1-29(2,3)38-28(37)35-17-9-8-12-21(35)15-16-31-27(39)33-25-26(36)34(4)23-14-13-20(30)18-22(23)24(32-25)19-10-6-5-7-11-19/h5-7,10-11,13-14,18,21,25H,8-9,12,15-17H2,1-4H3,(H2,31,33,39). The van der Waals surface area contributed by atoms with Crippen molar-refractivity contribution in [1.29, 1.82) is 0 Å². The molecule has 2 aromatic rings. The first kappa shape index (κ1) is 28.8. The van der Waals surface area contributed by atoms with Crippen molar-refractivity contribution in [3.8, 4) is 0 Å². The van der Waals surface area contributed by atoms with Gasteiger partial charge in [0.25, 0.3) is 5.91 Å². The average molecular weight is 570 g/mol. The molecule has 2 heterocycles. The average Bonchev–Trinajstić information content (AvgIpc) is 2.99. The van der Waals surface area contributed by atoms with E-state index < -0.39 is 11.8 Å². The Morgan fingerprint density at radius 3 is 2.64 bits per heavy atom. The van der Waals surface area contributed by atoms with Crippen LogP contribution in [0, 0.1) is 0 Å². The van der Waals surface area contributed by atoms with E-state index in [0.717, 1.165) is 36.1 Å². The fourth-order valence-corrected chi connectivity index (χ4v) is 5.24. The molecule has 0 bridgehead atoms. The van der Waals surface area contributed by atoms with Crippen LogP contribution in [0.2, 0.25) is 5.02 Å². The summed E-state index contributed by atoms with van der Waals surface area (Å²) in [6.45, 7) is 6.85. The predicted octanol–water partition coefficient (Wildman–Crippen LogP) is 5.12. The van der Waals surface area contributed by atoms with Crippen LogP contribution in [0.3, 0.4) is 0 Å². The van der Waals surface area contributed by atoms with Crippen LogP contribution in [0.5, 0.6) is 0 Å². The number of fused-ring (bicyclic) bond motifs is 1. The molecule has 39 heavy (non-hydrogen) atoms. The van der Waals surface area contributed by atoms with Gasteiger partial charge < -0.3 is 25.2 Å². The van der Waals surface area contributed by atoms with E-state index in [-0.39, 0.29) is 18.0 Å². The Morgan fingerprint density at radius 2 is 1.92 bits per heavy atom. The number of likely N-dealkylation sites (tertiary alicyclic amines) is 1. The van der Waals surface area contributed by atoms with E-state index in [0.29, 0.717) is 35.4 Å². The molecular weight excluding hydrogens is 534 g/mol. The molecule has 2 aliphatic rings. The molecule has 2 N–H and O–H groups in total. The number of hydrogen-bond donors (Lipinski definition) is 2. The van der Waals surface area contributed by atoms with Gasteiger partial charge in [0.05, 0.1) is 11.4 Å². The number of carbonyl (C=O) groups is 2. The zero-order valence-electron chi connectivity index (χ0n) is 22.9. The normalized spacial score (nSPS) is 19.5. The Labute approximate surface area is 240 Å². The number of benzene rings is 2. The van der Waals surface area contributed by atoms with Gasteiger partial charge >= 0.3 is 6.09 Å². The minimum atomic E-state index is -0.927. The van der Waals surface area contributed by atoms with Gasteiger partial charge in [-0.3, -0.25) is 4.79 Å². The summed E-state index contributed by atoms with van der Waals surface area (Å²) >= 11 is 11.9. The lowest BCUT2D eigenvalue weighted by atomic mass is 10.00. The number of halogens is 1. The van der Waals surface area contributed by atoms with E-state index in [1.807, 2.05) is 68.1 Å². The molecule has 8 nitrogen and oxygen atoms in total. The summed E-state index contributed by atoms with van der Waals surface area (Å²) in [6, 6.07) is 15.2. The van der Waals surface area contributed by atoms with Crippen LogP contribution in [0.1, 0.15) is 57.6 Å². The van der Waals surface area contributed by atoms with Crippen molar-refractivity contribution in [3.05, 3.63) is 64.7 Å². The second-order valence-corrected chi connectivity index (χ2v) is 11.7. The van der Waals surface area contributed by atoms with Gasteiger partial charge in [0.15, 0.2) is 5.11 Å². The highest BCUT2D eigenvalue weighted by molar-refractivity contribution is 7.80. The number of aliphatic imine (C=N–C) groups is 1. The Bertz CT molecular complexity index is 1250. The fraction of sp³-hybridized carbons (Fsp3) is 0.448. The third-order valence-electron chi connectivity index (χ3n) is 6.73. The van der Waals surface area contributed by atoms with Crippen LogP contribution in [0.15, 0.2) is 53.5 Å². The molecule has 208 valence electrons. The Balaban J connectivity index is 1.45. The number of rotatable bonds is 5. The van der Waals surface area contributed by atoms with Crippen molar-refractivity contribution >= 4 is 52.3 Å². The SMILES string of the molecule is CN1C(=O)C(NC(=S)NCCC2CCCCN2C(=O)OC(C)(C)C)N=C(c2ccccc2)c2cc(Cl)ccc21. The maximum atomic E-state index is 13.4. The van der Waals surface area contributed by atoms with Crippen molar-refractivity contribution in [2.24, 2.45) is 4.99 Å². The molecule has 0 aliphatic carbocycles. The number of ether oxygens (including phenoxy) is 1. The van der Waals surface area contributed by atoms with Crippen LogP contribution < -0.4 is 15.5 Å². The highest BCUT2D eigenvalue weighted by Gasteiger charge is 2.32. The predicted molar refractivity (Wildman–Crippen MR) is 160 cm³/mol. The van der Waals surface area contributed by atoms with Gasteiger partial charge in [0.1, 0.15) is 5.60 Å². The van der Waals surface area contributed by atoms with Gasteiger partial charge in [-0.1, -0.05) is 41.9 Å². The van der Waals surface area contributed by atoms with Crippen LogP contribution in [-0.2, 0) is 9.53 Å². The van der Waals surface area contributed by atoms with E-state index >= 15 is 0 Å². The number of amides is 2. The number of benzodiazepines with no additional fused rings is 1. The zero-order valence-corrected chi connectivity index (χ0v) is 24.4. The van der Waals surface area contributed by atoms with Crippen molar-refractivity contribution in [2.45, 2.75) is 64.3 Å². The summed E-state index contributed by atoms with van der Waals surface area (Å²) in [5.74, 6) is -0.239. The fourth-order valence-electron chi connectivity index (χ4n) is 4.86. The molecule has 2 amide bonds. The summed E-state index contributed by atoms with van der Waals surface area (Å²) in [4.78, 5) is 34.4.